The fourth-order valence-corrected chi connectivity index (χ4v) is 1.57. The average molecular weight is 233 g/mol. The first-order chi connectivity index (χ1) is 8.29. The van der Waals surface area contributed by atoms with Gasteiger partial charge < -0.3 is 20.1 Å². The van der Waals surface area contributed by atoms with Crippen LogP contribution in [0.25, 0.3) is 0 Å². The van der Waals surface area contributed by atoms with Crippen LogP contribution in [-0.2, 0) is 13.1 Å². The molecule has 5 heteroatoms. The largest absolute Gasteiger partial charge is 0.504 e. The highest BCUT2D eigenvalue weighted by Gasteiger charge is 2.02. The Morgan fingerprint density at radius 1 is 1.41 bits per heavy atom. The number of benzene rings is 1. The highest BCUT2D eigenvalue weighted by molar-refractivity contribution is 5.41. The van der Waals surface area contributed by atoms with Gasteiger partial charge in [-0.25, -0.2) is 4.98 Å². The highest BCUT2D eigenvalue weighted by Crippen LogP contribution is 2.25. The van der Waals surface area contributed by atoms with Crippen molar-refractivity contribution in [1.82, 2.24) is 15.3 Å². The second kappa shape index (κ2) is 5.36. The number of aromatic amines is 1. The number of rotatable bonds is 5. The Morgan fingerprint density at radius 2 is 2.29 bits per heavy atom. The zero-order valence-electron chi connectivity index (χ0n) is 9.60. The van der Waals surface area contributed by atoms with E-state index < -0.39 is 0 Å². The number of ether oxygens (including phenoxy) is 1. The van der Waals surface area contributed by atoms with Gasteiger partial charge in [0.05, 0.1) is 13.7 Å². The van der Waals surface area contributed by atoms with Gasteiger partial charge in [0.2, 0.25) is 0 Å². The Bertz CT molecular complexity index is 469. The number of phenols is 1. The molecule has 0 aliphatic rings. The van der Waals surface area contributed by atoms with Gasteiger partial charge in [0.15, 0.2) is 11.5 Å². The van der Waals surface area contributed by atoms with Gasteiger partial charge >= 0.3 is 0 Å². The van der Waals surface area contributed by atoms with Crippen LogP contribution >= 0.6 is 0 Å². The Morgan fingerprint density at radius 3 is 2.94 bits per heavy atom. The van der Waals surface area contributed by atoms with Crippen molar-refractivity contribution in [3.05, 3.63) is 42.0 Å². The quantitative estimate of drug-likeness (QED) is 0.730. The zero-order chi connectivity index (χ0) is 12.1. The van der Waals surface area contributed by atoms with Crippen molar-refractivity contribution in [2.75, 3.05) is 7.11 Å². The van der Waals surface area contributed by atoms with Crippen molar-refractivity contribution >= 4 is 0 Å². The Hall–Kier alpha value is -2.01. The predicted octanol–water partition coefficient (Wildman–Crippen LogP) is 1.41. The van der Waals surface area contributed by atoms with Gasteiger partial charge in [0.25, 0.3) is 0 Å². The van der Waals surface area contributed by atoms with Crippen molar-refractivity contribution in [2.45, 2.75) is 13.1 Å². The summed E-state index contributed by atoms with van der Waals surface area (Å²) in [6.45, 7) is 1.33. The van der Waals surface area contributed by atoms with Gasteiger partial charge in [0, 0.05) is 18.9 Å². The molecule has 0 aliphatic heterocycles. The Labute approximate surface area is 99.5 Å². The molecule has 0 fully saturated rings. The zero-order valence-corrected chi connectivity index (χ0v) is 9.60. The number of H-pyrrole nitrogens is 1. The lowest BCUT2D eigenvalue weighted by Crippen LogP contribution is -2.13. The summed E-state index contributed by atoms with van der Waals surface area (Å²) in [5, 5.41) is 12.8. The van der Waals surface area contributed by atoms with Crippen LogP contribution in [-0.4, -0.2) is 22.2 Å². The number of imidazole rings is 1. The summed E-state index contributed by atoms with van der Waals surface area (Å²) in [5.74, 6) is 1.53. The minimum absolute atomic E-state index is 0.157. The van der Waals surface area contributed by atoms with E-state index >= 15 is 0 Å². The fraction of sp³-hybridized carbons (Fsp3) is 0.250. The van der Waals surface area contributed by atoms with Gasteiger partial charge in [-0.1, -0.05) is 6.07 Å². The van der Waals surface area contributed by atoms with Gasteiger partial charge in [-0.3, -0.25) is 0 Å². The van der Waals surface area contributed by atoms with E-state index in [1.165, 1.54) is 7.11 Å². The Kier molecular flexibility index (Phi) is 3.62. The SMILES string of the molecule is COc1ccc(CNCc2ncc[nH]2)cc1O. The van der Waals surface area contributed by atoms with Crippen molar-refractivity contribution in [3.63, 3.8) is 0 Å². The minimum Gasteiger partial charge on any atom is -0.504 e. The summed E-state index contributed by atoms with van der Waals surface area (Å²) in [5.41, 5.74) is 0.995. The molecule has 0 saturated carbocycles. The van der Waals surface area contributed by atoms with Crippen LogP contribution in [0.5, 0.6) is 11.5 Å². The van der Waals surface area contributed by atoms with E-state index in [1.54, 1.807) is 24.5 Å². The van der Waals surface area contributed by atoms with Crippen LogP contribution in [0.2, 0.25) is 0 Å². The van der Waals surface area contributed by atoms with E-state index in [4.69, 9.17) is 4.74 Å². The number of hydrogen-bond donors (Lipinski definition) is 3. The second-order valence-corrected chi connectivity index (χ2v) is 3.65. The maximum atomic E-state index is 9.60. The first-order valence-corrected chi connectivity index (χ1v) is 5.34. The number of nitrogens with one attached hydrogen (secondary N) is 2. The summed E-state index contributed by atoms with van der Waals surface area (Å²) < 4.78 is 4.98. The molecule has 2 aromatic rings. The molecule has 1 heterocycles. The molecule has 2 rings (SSSR count). The molecular formula is C12H15N3O2. The van der Waals surface area contributed by atoms with E-state index in [9.17, 15) is 5.11 Å². The molecular weight excluding hydrogens is 218 g/mol. The third-order valence-electron chi connectivity index (χ3n) is 2.42. The maximum Gasteiger partial charge on any atom is 0.160 e. The molecule has 90 valence electrons. The van der Waals surface area contributed by atoms with Crippen LogP contribution in [0.4, 0.5) is 0 Å². The number of aromatic hydroxyl groups is 1. The van der Waals surface area contributed by atoms with E-state index in [2.05, 4.69) is 15.3 Å². The lowest BCUT2D eigenvalue weighted by atomic mass is 10.2. The molecule has 0 aliphatic carbocycles. The van der Waals surface area contributed by atoms with Crippen molar-refractivity contribution in [3.8, 4) is 11.5 Å². The van der Waals surface area contributed by atoms with Crippen molar-refractivity contribution in [1.29, 1.82) is 0 Å². The first-order valence-electron chi connectivity index (χ1n) is 5.34. The predicted molar refractivity (Wildman–Crippen MR) is 63.8 cm³/mol. The summed E-state index contributed by atoms with van der Waals surface area (Å²) in [7, 11) is 1.53. The van der Waals surface area contributed by atoms with E-state index in [0.717, 1.165) is 11.4 Å². The van der Waals surface area contributed by atoms with Gasteiger partial charge in [-0.05, 0) is 17.7 Å². The van der Waals surface area contributed by atoms with Gasteiger partial charge in [0.1, 0.15) is 5.82 Å². The smallest absolute Gasteiger partial charge is 0.160 e. The third-order valence-corrected chi connectivity index (χ3v) is 2.42. The molecule has 0 radical (unpaired) electrons. The molecule has 17 heavy (non-hydrogen) atoms. The first kappa shape index (κ1) is 11.5. The maximum absolute atomic E-state index is 9.60. The molecule has 0 atom stereocenters. The molecule has 1 aromatic carbocycles. The summed E-state index contributed by atoms with van der Waals surface area (Å²) in [6.07, 6.45) is 3.51. The lowest BCUT2D eigenvalue weighted by molar-refractivity contribution is 0.373. The number of nitrogens with zero attached hydrogens (tertiary/aromatic N) is 1. The molecule has 3 N–H and O–H groups in total. The fourth-order valence-electron chi connectivity index (χ4n) is 1.57. The third kappa shape index (κ3) is 2.98. The number of aromatic nitrogens is 2. The van der Waals surface area contributed by atoms with Crippen LogP contribution in [0.3, 0.4) is 0 Å². The van der Waals surface area contributed by atoms with E-state index in [0.29, 0.717) is 18.8 Å². The van der Waals surface area contributed by atoms with E-state index in [1.807, 2.05) is 6.07 Å². The summed E-state index contributed by atoms with van der Waals surface area (Å²) in [4.78, 5) is 7.11. The molecule has 0 bridgehead atoms. The number of phenolic OH excluding ortho intramolecular Hbond substituents is 1. The van der Waals surface area contributed by atoms with Crippen LogP contribution in [0.1, 0.15) is 11.4 Å². The number of hydrogen-bond acceptors (Lipinski definition) is 4. The average Bonchev–Trinajstić information content (AvgIpc) is 2.82. The van der Waals surface area contributed by atoms with Gasteiger partial charge in [-0.2, -0.15) is 0 Å². The monoisotopic (exact) mass is 233 g/mol. The summed E-state index contributed by atoms with van der Waals surface area (Å²) in [6, 6.07) is 5.35. The normalized spacial score (nSPS) is 10.4. The minimum atomic E-state index is 0.157. The molecule has 0 spiro atoms. The molecule has 0 amide bonds. The number of methoxy groups -OCH3 is 1. The lowest BCUT2D eigenvalue weighted by Gasteiger charge is -2.06. The van der Waals surface area contributed by atoms with Crippen molar-refractivity contribution in [2.24, 2.45) is 0 Å². The van der Waals surface area contributed by atoms with Crippen LogP contribution < -0.4 is 10.1 Å². The van der Waals surface area contributed by atoms with Crippen LogP contribution in [0.15, 0.2) is 30.6 Å². The summed E-state index contributed by atoms with van der Waals surface area (Å²) >= 11 is 0. The Balaban J connectivity index is 1.89. The topological polar surface area (TPSA) is 70.2 Å². The molecule has 0 unspecified atom stereocenters. The highest BCUT2D eigenvalue weighted by atomic mass is 16.5. The standard InChI is InChI=1S/C12H15N3O2/c1-17-11-3-2-9(6-10(11)16)7-13-8-12-14-4-5-15-12/h2-6,13,16H,7-8H2,1H3,(H,14,15). The molecule has 5 nitrogen and oxygen atoms in total. The van der Waals surface area contributed by atoms with E-state index in [-0.39, 0.29) is 5.75 Å². The van der Waals surface area contributed by atoms with Crippen LogP contribution in [0, 0.1) is 0 Å². The van der Waals surface area contributed by atoms with Gasteiger partial charge in [-0.15, -0.1) is 0 Å². The molecule has 0 saturated heterocycles. The van der Waals surface area contributed by atoms with Crippen molar-refractivity contribution < 1.29 is 9.84 Å². The molecule has 1 aromatic heterocycles. The second-order valence-electron chi connectivity index (χ2n) is 3.65.